The quantitative estimate of drug-likeness (QED) is 0.729. The van der Waals surface area contributed by atoms with Crippen LogP contribution >= 0.6 is 15.9 Å². The van der Waals surface area contributed by atoms with Gasteiger partial charge in [-0.15, -0.1) is 0 Å². The van der Waals surface area contributed by atoms with Gasteiger partial charge < -0.3 is 9.30 Å². The van der Waals surface area contributed by atoms with Crippen LogP contribution in [0.5, 0.6) is 0 Å². The molecule has 0 saturated carbocycles. The standard InChI is InChI=1S/C13H11BrN2O/c1-15-12-7-16(10-4-5-17-8-10)13-3-2-9(14)6-11(12)13/h2-3,6-7,10H,4-5,8H2. The molecule has 1 aliphatic rings. The zero-order chi connectivity index (χ0) is 11.8. The van der Waals surface area contributed by atoms with Crippen molar-refractivity contribution in [2.24, 2.45) is 0 Å². The van der Waals surface area contributed by atoms with E-state index in [0.29, 0.717) is 11.7 Å². The summed E-state index contributed by atoms with van der Waals surface area (Å²) in [5.41, 5.74) is 1.84. The number of nitrogens with zero attached hydrogens (tertiary/aromatic N) is 2. The Morgan fingerprint density at radius 1 is 1.47 bits per heavy atom. The molecule has 1 aromatic carbocycles. The summed E-state index contributed by atoms with van der Waals surface area (Å²) < 4.78 is 8.61. The Balaban J connectivity index is 2.22. The van der Waals surface area contributed by atoms with Gasteiger partial charge in [0, 0.05) is 28.2 Å². The van der Waals surface area contributed by atoms with Gasteiger partial charge in [0.15, 0.2) is 0 Å². The normalized spacial score (nSPS) is 19.6. The van der Waals surface area contributed by atoms with Crippen molar-refractivity contribution in [3.05, 3.63) is 40.3 Å². The molecule has 3 rings (SSSR count). The largest absolute Gasteiger partial charge is 0.379 e. The van der Waals surface area contributed by atoms with Gasteiger partial charge in [-0.3, -0.25) is 0 Å². The third kappa shape index (κ3) is 1.76. The minimum atomic E-state index is 0.370. The number of aromatic nitrogens is 1. The lowest BCUT2D eigenvalue weighted by atomic mass is 10.2. The van der Waals surface area contributed by atoms with Crippen LogP contribution in [-0.2, 0) is 4.74 Å². The Morgan fingerprint density at radius 3 is 3.06 bits per heavy atom. The maximum absolute atomic E-state index is 7.25. The molecule has 0 N–H and O–H groups in total. The van der Waals surface area contributed by atoms with Crippen molar-refractivity contribution in [3.63, 3.8) is 0 Å². The third-order valence-corrected chi connectivity index (χ3v) is 3.69. The molecule has 1 unspecified atom stereocenters. The zero-order valence-corrected chi connectivity index (χ0v) is 10.8. The Morgan fingerprint density at radius 2 is 2.35 bits per heavy atom. The minimum absolute atomic E-state index is 0.370. The lowest BCUT2D eigenvalue weighted by molar-refractivity contribution is 0.187. The van der Waals surface area contributed by atoms with E-state index in [4.69, 9.17) is 11.3 Å². The average molecular weight is 291 g/mol. The Bertz CT molecular complexity index is 606. The summed E-state index contributed by atoms with van der Waals surface area (Å²) in [7, 11) is 0. The van der Waals surface area contributed by atoms with E-state index in [1.165, 1.54) is 0 Å². The van der Waals surface area contributed by atoms with Crippen molar-refractivity contribution in [1.29, 1.82) is 0 Å². The smallest absolute Gasteiger partial charge is 0.212 e. The van der Waals surface area contributed by atoms with Crippen LogP contribution in [0.3, 0.4) is 0 Å². The van der Waals surface area contributed by atoms with E-state index < -0.39 is 0 Å². The first-order valence-corrected chi connectivity index (χ1v) is 6.34. The van der Waals surface area contributed by atoms with Crippen LogP contribution < -0.4 is 0 Å². The highest BCUT2D eigenvalue weighted by atomic mass is 79.9. The van der Waals surface area contributed by atoms with Crippen molar-refractivity contribution < 1.29 is 4.74 Å². The number of halogens is 1. The number of benzene rings is 1. The zero-order valence-electron chi connectivity index (χ0n) is 9.19. The van der Waals surface area contributed by atoms with Crippen molar-refractivity contribution in [3.8, 4) is 0 Å². The number of hydrogen-bond donors (Lipinski definition) is 0. The van der Waals surface area contributed by atoms with Gasteiger partial charge in [-0.25, -0.2) is 4.85 Å². The topological polar surface area (TPSA) is 18.5 Å². The molecular formula is C13H11BrN2O. The summed E-state index contributed by atoms with van der Waals surface area (Å²) in [6.45, 7) is 8.81. The molecule has 3 nitrogen and oxygen atoms in total. The molecule has 4 heteroatoms. The fraction of sp³-hybridized carbons (Fsp3) is 0.308. The van der Waals surface area contributed by atoms with Gasteiger partial charge in [0.05, 0.1) is 19.2 Å². The van der Waals surface area contributed by atoms with Gasteiger partial charge in [0.1, 0.15) is 0 Å². The lowest BCUT2D eigenvalue weighted by Crippen LogP contribution is -2.06. The summed E-state index contributed by atoms with van der Waals surface area (Å²) in [4.78, 5) is 3.60. The molecule has 86 valence electrons. The molecule has 1 saturated heterocycles. The van der Waals surface area contributed by atoms with Crippen molar-refractivity contribution >= 4 is 32.5 Å². The summed E-state index contributed by atoms with van der Waals surface area (Å²) >= 11 is 3.45. The molecule has 1 fully saturated rings. The summed E-state index contributed by atoms with van der Waals surface area (Å²) in [6, 6.07) is 6.46. The molecule has 1 aromatic heterocycles. The maximum atomic E-state index is 7.25. The predicted octanol–water partition coefficient (Wildman–Crippen LogP) is 3.92. The maximum Gasteiger partial charge on any atom is 0.212 e. The number of fused-ring (bicyclic) bond motifs is 1. The molecule has 2 aromatic rings. The van der Waals surface area contributed by atoms with Crippen LogP contribution in [0, 0.1) is 6.57 Å². The highest BCUT2D eigenvalue weighted by Gasteiger charge is 2.20. The van der Waals surface area contributed by atoms with E-state index in [-0.39, 0.29) is 0 Å². The fourth-order valence-electron chi connectivity index (χ4n) is 2.34. The van der Waals surface area contributed by atoms with Gasteiger partial charge in [-0.05, 0) is 24.6 Å². The lowest BCUT2D eigenvalue weighted by Gasteiger charge is -2.12. The van der Waals surface area contributed by atoms with E-state index in [1.807, 2.05) is 18.3 Å². The Kier molecular flexibility index (Phi) is 2.65. The summed E-state index contributed by atoms with van der Waals surface area (Å²) in [5, 5.41) is 1.02. The minimum Gasteiger partial charge on any atom is -0.379 e. The average Bonchev–Trinajstić information content (AvgIpc) is 2.94. The molecule has 0 bridgehead atoms. The van der Waals surface area contributed by atoms with E-state index in [0.717, 1.165) is 35.0 Å². The molecule has 0 aliphatic carbocycles. The SMILES string of the molecule is [C-]#[N+]c1cn(C2CCOC2)c2ccc(Br)cc12. The number of hydrogen-bond acceptors (Lipinski definition) is 1. The van der Waals surface area contributed by atoms with Crippen LogP contribution in [0.4, 0.5) is 5.69 Å². The van der Waals surface area contributed by atoms with Crippen LogP contribution in [0.15, 0.2) is 28.9 Å². The van der Waals surface area contributed by atoms with Crippen LogP contribution in [0.25, 0.3) is 15.7 Å². The van der Waals surface area contributed by atoms with E-state index in [9.17, 15) is 0 Å². The molecule has 1 aliphatic heterocycles. The van der Waals surface area contributed by atoms with Crippen LogP contribution in [0.1, 0.15) is 12.5 Å². The van der Waals surface area contributed by atoms with Gasteiger partial charge in [0.25, 0.3) is 0 Å². The number of ether oxygens (including phenoxy) is 1. The molecule has 0 amide bonds. The van der Waals surface area contributed by atoms with Crippen molar-refractivity contribution in [2.75, 3.05) is 13.2 Å². The summed E-state index contributed by atoms with van der Waals surface area (Å²) in [5.74, 6) is 0. The monoisotopic (exact) mass is 290 g/mol. The fourth-order valence-corrected chi connectivity index (χ4v) is 2.70. The first-order valence-electron chi connectivity index (χ1n) is 5.55. The molecule has 2 heterocycles. The second-order valence-electron chi connectivity index (χ2n) is 4.21. The van der Waals surface area contributed by atoms with Crippen LogP contribution in [0.2, 0.25) is 0 Å². The number of rotatable bonds is 1. The van der Waals surface area contributed by atoms with E-state index in [1.54, 1.807) is 0 Å². The van der Waals surface area contributed by atoms with Gasteiger partial charge in [-0.1, -0.05) is 15.9 Å². The molecule has 0 radical (unpaired) electrons. The highest BCUT2D eigenvalue weighted by Crippen LogP contribution is 2.34. The van der Waals surface area contributed by atoms with Crippen LogP contribution in [-0.4, -0.2) is 17.8 Å². The first-order chi connectivity index (χ1) is 8.29. The van der Waals surface area contributed by atoms with E-state index in [2.05, 4.69) is 31.4 Å². The van der Waals surface area contributed by atoms with Gasteiger partial charge >= 0.3 is 0 Å². The summed E-state index contributed by atoms with van der Waals surface area (Å²) in [6.07, 6.45) is 2.97. The predicted molar refractivity (Wildman–Crippen MR) is 70.4 cm³/mol. The molecular weight excluding hydrogens is 280 g/mol. The van der Waals surface area contributed by atoms with Gasteiger partial charge in [0.2, 0.25) is 5.69 Å². The second-order valence-corrected chi connectivity index (χ2v) is 5.13. The second kappa shape index (κ2) is 4.17. The molecule has 17 heavy (non-hydrogen) atoms. The molecule has 0 spiro atoms. The third-order valence-electron chi connectivity index (χ3n) is 3.19. The van der Waals surface area contributed by atoms with Crippen molar-refractivity contribution in [1.82, 2.24) is 4.57 Å². The van der Waals surface area contributed by atoms with Crippen molar-refractivity contribution in [2.45, 2.75) is 12.5 Å². The Labute approximate surface area is 108 Å². The first kappa shape index (κ1) is 10.8. The Hall–Kier alpha value is -1.31. The highest BCUT2D eigenvalue weighted by molar-refractivity contribution is 9.10. The van der Waals surface area contributed by atoms with E-state index >= 15 is 0 Å². The van der Waals surface area contributed by atoms with Gasteiger partial charge in [-0.2, -0.15) is 0 Å². The molecule has 1 atom stereocenters.